The lowest BCUT2D eigenvalue weighted by atomic mass is 10.3. The molecule has 0 aromatic carbocycles. The zero-order chi connectivity index (χ0) is 12.7. The highest BCUT2D eigenvalue weighted by Crippen LogP contribution is 2.16. The van der Waals surface area contributed by atoms with Crippen LogP contribution in [0.3, 0.4) is 0 Å². The zero-order valence-corrected chi connectivity index (χ0v) is 8.28. The van der Waals surface area contributed by atoms with Crippen LogP contribution in [0.5, 0.6) is 0 Å². The van der Waals surface area contributed by atoms with Crippen LogP contribution in [0, 0.1) is 0 Å². The molecule has 58 valence electrons. The van der Waals surface area contributed by atoms with Crippen LogP contribution in [0.4, 0.5) is 0 Å². The number of aromatic nitrogens is 1. The first kappa shape index (κ1) is 4.14. The van der Waals surface area contributed by atoms with Crippen molar-refractivity contribution in [2.75, 3.05) is 0 Å². The number of carbonyl (C=O) groups is 1. The van der Waals surface area contributed by atoms with Gasteiger partial charge in [-0.2, -0.15) is 0 Å². The highest BCUT2D eigenvalue weighted by atomic mass is 79.9. The molecule has 11 heavy (non-hydrogen) atoms. The van der Waals surface area contributed by atoms with Crippen molar-refractivity contribution in [2.24, 2.45) is 0 Å². The van der Waals surface area contributed by atoms with Crippen LogP contribution in [0.25, 0.3) is 0 Å². The van der Waals surface area contributed by atoms with Crippen LogP contribution in [0.2, 0.25) is 0 Å². The molecular formula is C7H5Br2NO. The summed E-state index contributed by atoms with van der Waals surface area (Å²) in [6.07, 6.45) is 0. The Balaban J connectivity index is 3.43. The smallest absolute Gasteiger partial charge is 0.178 e. The summed E-state index contributed by atoms with van der Waals surface area (Å²) in [7, 11) is 0. The number of ketones is 1. The minimum Gasteiger partial charge on any atom is -0.293 e. The maximum atomic E-state index is 11.5. The van der Waals surface area contributed by atoms with Gasteiger partial charge in [-0.1, -0.05) is 15.9 Å². The second-order valence-corrected chi connectivity index (χ2v) is 3.19. The Bertz CT molecular complexity index is 459. The van der Waals surface area contributed by atoms with Crippen LogP contribution in [-0.2, 0) is 0 Å². The van der Waals surface area contributed by atoms with E-state index in [9.17, 15) is 4.79 Å². The molecule has 0 unspecified atom stereocenters. The van der Waals surface area contributed by atoms with E-state index in [1.807, 2.05) is 0 Å². The summed E-state index contributed by atoms with van der Waals surface area (Å²) in [6, 6.07) is -0.499. The normalized spacial score (nSPS) is 17.5. The molecule has 1 rings (SSSR count). The first-order chi connectivity index (χ1) is 7.16. The van der Waals surface area contributed by atoms with Crippen molar-refractivity contribution in [3.8, 4) is 0 Å². The van der Waals surface area contributed by atoms with Gasteiger partial charge in [-0.05, 0) is 28.0 Å². The van der Waals surface area contributed by atoms with E-state index in [4.69, 9.17) is 6.85 Å². The van der Waals surface area contributed by atoms with E-state index in [0.29, 0.717) is 0 Å². The minimum absolute atomic E-state index is 0.0166. The van der Waals surface area contributed by atoms with Gasteiger partial charge in [-0.15, -0.1) is 0 Å². The summed E-state index contributed by atoms with van der Waals surface area (Å²) in [5, 5.41) is 0. The van der Waals surface area contributed by atoms with Crippen LogP contribution in [0.1, 0.15) is 24.2 Å². The first-order valence-electron chi connectivity index (χ1n) is 5.03. The lowest BCUT2D eigenvalue weighted by molar-refractivity contribution is 0.101. The summed E-state index contributed by atoms with van der Waals surface area (Å²) in [4.78, 5) is 15.1. The lowest BCUT2D eigenvalue weighted by Gasteiger charge is -1.96. The molecule has 1 aromatic rings. The van der Waals surface area contributed by atoms with Gasteiger partial charge in [0, 0.05) is 15.4 Å². The molecule has 0 aliphatic rings. The van der Waals surface area contributed by atoms with Gasteiger partial charge in [0.15, 0.2) is 5.78 Å². The van der Waals surface area contributed by atoms with Crippen molar-refractivity contribution in [2.45, 2.75) is 6.85 Å². The number of carbonyl (C=O) groups excluding carboxylic acids is 1. The molecular weight excluding hydrogens is 274 g/mol. The highest BCUT2D eigenvalue weighted by molar-refractivity contribution is 9.11. The fourth-order valence-electron chi connectivity index (χ4n) is 0.487. The number of hydrogen-bond acceptors (Lipinski definition) is 2. The molecule has 0 radical (unpaired) electrons. The molecule has 0 fully saturated rings. The molecule has 0 N–H and O–H groups in total. The molecule has 4 heteroatoms. The third kappa shape index (κ3) is 2.38. The van der Waals surface area contributed by atoms with Crippen molar-refractivity contribution < 1.29 is 11.6 Å². The number of nitrogens with zero attached hydrogens (tertiary/aromatic N) is 1. The van der Waals surface area contributed by atoms with Crippen molar-refractivity contribution in [3.05, 3.63) is 26.9 Å². The Labute approximate surface area is 88.3 Å². The van der Waals surface area contributed by atoms with Gasteiger partial charge in [-0.3, -0.25) is 4.79 Å². The van der Waals surface area contributed by atoms with Crippen LogP contribution in [-0.4, -0.2) is 10.8 Å². The first-order valence-corrected chi connectivity index (χ1v) is 4.12. The monoisotopic (exact) mass is 282 g/mol. The Morgan fingerprint density at radius 1 is 1.73 bits per heavy atom. The molecule has 2 nitrogen and oxygen atoms in total. The van der Waals surface area contributed by atoms with Gasteiger partial charge in [0.2, 0.25) is 0 Å². The maximum absolute atomic E-state index is 11.5. The number of hydrogen-bond donors (Lipinski definition) is 0. The van der Waals surface area contributed by atoms with Crippen molar-refractivity contribution in [1.82, 2.24) is 4.98 Å². The molecule has 0 bridgehead atoms. The van der Waals surface area contributed by atoms with Gasteiger partial charge in [0.25, 0.3) is 0 Å². The average Bonchev–Trinajstić information content (AvgIpc) is 2.18. The van der Waals surface area contributed by atoms with Crippen LogP contribution >= 0.6 is 31.9 Å². The van der Waals surface area contributed by atoms with Gasteiger partial charge < -0.3 is 0 Å². The second kappa shape index (κ2) is 3.45. The van der Waals surface area contributed by atoms with Crippen molar-refractivity contribution in [3.63, 3.8) is 0 Å². The third-order valence-corrected chi connectivity index (χ3v) is 1.64. The number of Topliss-reactive ketones (excluding diaryl/α,β-unsaturated/α-hetero) is 1. The Morgan fingerprint density at radius 2 is 2.45 bits per heavy atom. The Morgan fingerprint density at radius 3 is 3.09 bits per heavy atom. The third-order valence-electron chi connectivity index (χ3n) is 0.866. The summed E-state index contributed by atoms with van der Waals surface area (Å²) in [5.74, 6) is -1.21. The number of pyridine rings is 1. The predicted molar refractivity (Wildman–Crippen MR) is 49.6 cm³/mol. The molecule has 1 aromatic heterocycles. The number of halogens is 2. The molecule has 0 amide bonds. The molecule has 1 heterocycles. The maximum Gasteiger partial charge on any atom is 0.178 e. The fourth-order valence-corrected chi connectivity index (χ4v) is 1.50. The van der Waals surface area contributed by atoms with Crippen molar-refractivity contribution >= 4 is 37.6 Å². The van der Waals surface area contributed by atoms with E-state index in [2.05, 4.69) is 36.8 Å². The topological polar surface area (TPSA) is 30.0 Å². The van der Waals surface area contributed by atoms with Crippen LogP contribution in [0.15, 0.2) is 21.2 Å². The molecule has 0 aliphatic carbocycles. The predicted octanol–water partition coefficient (Wildman–Crippen LogP) is 2.81. The van der Waals surface area contributed by atoms with Crippen LogP contribution < -0.4 is 0 Å². The van der Waals surface area contributed by atoms with Gasteiger partial charge in [0.05, 0.1) is 2.74 Å². The number of rotatable bonds is 1. The summed E-state index contributed by atoms with van der Waals surface area (Å²) < 4.78 is 35.9. The second-order valence-electron chi connectivity index (χ2n) is 1.64. The van der Waals surface area contributed by atoms with Gasteiger partial charge in [-0.25, -0.2) is 4.98 Å². The highest BCUT2D eigenvalue weighted by Gasteiger charge is 2.02. The summed E-state index contributed by atoms with van der Waals surface area (Å²) in [5.41, 5.74) is -0.477. The Kier molecular flexibility index (Phi) is 1.30. The van der Waals surface area contributed by atoms with Gasteiger partial charge in [0.1, 0.15) is 10.3 Å². The quantitative estimate of drug-likeness (QED) is 0.586. The standard InChI is InChI=1S/C7H5Br2NO/c1-4(11)6-2-5(8)3-7(9)10-6/h2-3H,1H3/i1D3,2D,3D. The van der Waals surface area contributed by atoms with Gasteiger partial charge >= 0.3 is 0 Å². The summed E-state index contributed by atoms with van der Waals surface area (Å²) in [6.45, 7) is -2.84. The molecule has 0 saturated heterocycles. The van der Waals surface area contributed by atoms with E-state index >= 15 is 0 Å². The van der Waals surface area contributed by atoms with E-state index in [0.717, 1.165) is 0 Å². The molecule has 0 aliphatic heterocycles. The largest absolute Gasteiger partial charge is 0.293 e. The molecule has 0 saturated carbocycles. The van der Waals surface area contributed by atoms with Crippen molar-refractivity contribution in [1.29, 1.82) is 0 Å². The Hall–Kier alpha value is -0.220. The summed E-state index contributed by atoms with van der Waals surface area (Å²) >= 11 is 5.85. The fraction of sp³-hybridized carbons (Fsp3) is 0.143. The van der Waals surface area contributed by atoms with E-state index in [1.54, 1.807) is 0 Å². The van der Waals surface area contributed by atoms with E-state index in [1.165, 1.54) is 0 Å². The lowest BCUT2D eigenvalue weighted by Crippen LogP contribution is -1.96. The van der Waals surface area contributed by atoms with E-state index in [-0.39, 0.29) is 15.1 Å². The molecule has 0 spiro atoms. The average molecular weight is 284 g/mol. The molecule has 0 atom stereocenters. The zero-order valence-electron chi connectivity index (χ0n) is 10.1. The SMILES string of the molecule is [2H]c1c(Br)nc(C(=O)C([2H])([2H])[2H])c([2H])c1Br. The minimum atomic E-state index is -2.84. The van der Waals surface area contributed by atoms with E-state index < -0.39 is 24.4 Å².